The smallest absolute Gasteiger partial charge is 0.410 e. The average Bonchev–Trinajstić information content (AvgIpc) is 3.26. The molecule has 3 rings (SSSR count). The fourth-order valence-electron chi connectivity index (χ4n) is 4.56. The highest BCUT2D eigenvalue weighted by atomic mass is 16.6. The second kappa shape index (κ2) is 8.89. The normalized spacial score (nSPS) is 24.1. The van der Waals surface area contributed by atoms with Crippen LogP contribution in [0.2, 0.25) is 0 Å². The number of guanidine groups is 1. The molecule has 1 saturated heterocycles. The molecule has 1 amide bonds. The summed E-state index contributed by atoms with van der Waals surface area (Å²) in [4.78, 5) is 21.3. The number of hydrogen-bond acceptors (Lipinski definition) is 6. The average molecular weight is 395 g/mol. The largest absolute Gasteiger partial charge is 0.444 e. The van der Waals surface area contributed by atoms with Gasteiger partial charge in [0, 0.05) is 39.4 Å². The zero-order valence-corrected chi connectivity index (χ0v) is 18.1. The van der Waals surface area contributed by atoms with Gasteiger partial charge >= 0.3 is 6.09 Å². The van der Waals surface area contributed by atoms with E-state index in [0.29, 0.717) is 18.5 Å². The quantitative estimate of drug-likeness (QED) is 0.702. The van der Waals surface area contributed by atoms with Gasteiger partial charge < -0.3 is 24.6 Å². The van der Waals surface area contributed by atoms with Gasteiger partial charge in [-0.1, -0.05) is 12.8 Å². The van der Waals surface area contributed by atoms with Gasteiger partial charge in [0.25, 0.3) is 0 Å². The van der Waals surface area contributed by atoms with E-state index in [1.165, 1.54) is 25.7 Å². The van der Waals surface area contributed by atoms with Gasteiger partial charge in [-0.15, -0.1) is 0 Å². The zero-order chi connectivity index (χ0) is 20.2. The minimum absolute atomic E-state index is 0.214. The highest BCUT2D eigenvalue weighted by Crippen LogP contribution is 2.40. The molecule has 0 radical (unpaired) electrons. The summed E-state index contributed by atoms with van der Waals surface area (Å²) < 4.78 is 11.2. The fraction of sp³-hybridized carbons (Fsp3) is 0.905. The number of nitrogens with one attached hydrogen (secondary N) is 1. The topological polar surface area (TPSA) is 66.4 Å². The van der Waals surface area contributed by atoms with Gasteiger partial charge in [0.15, 0.2) is 5.96 Å². The molecule has 2 aliphatic heterocycles. The van der Waals surface area contributed by atoms with Crippen LogP contribution in [-0.2, 0) is 9.47 Å². The summed E-state index contributed by atoms with van der Waals surface area (Å²) in [6.07, 6.45) is 6.09. The Morgan fingerprint density at radius 3 is 2.71 bits per heavy atom. The van der Waals surface area contributed by atoms with E-state index in [2.05, 4.69) is 17.1 Å². The van der Waals surface area contributed by atoms with Crippen molar-refractivity contribution in [2.24, 2.45) is 10.4 Å². The highest BCUT2D eigenvalue weighted by molar-refractivity contribution is 5.82. The number of hydrogen-bond donors (Lipinski definition) is 1. The van der Waals surface area contributed by atoms with Gasteiger partial charge in [0.05, 0.1) is 12.6 Å². The van der Waals surface area contributed by atoms with Crippen LogP contribution >= 0.6 is 0 Å². The third-order valence-corrected chi connectivity index (χ3v) is 6.12. The van der Waals surface area contributed by atoms with E-state index in [-0.39, 0.29) is 12.1 Å². The summed E-state index contributed by atoms with van der Waals surface area (Å²) in [5.74, 6) is 1.01. The summed E-state index contributed by atoms with van der Waals surface area (Å²) in [7, 11) is 0. The molecule has 0 bridgehead atoms. The van der Waals surface area contributed by atoms with Crippen LogP contribution in [0.15, 0.2) is 4.99 Å². The lowest BCUT2D eigenvalue weighted by Gasteiger charge is -2.40. The molecular weight excluding hydrogens is 356 g/mol. The molecule has 160 valence electrons. The molecule has 0 spiro atoms. The number of carbonyl (C=O) groups is 1. The minimum Gasteiger partial charge on any atom is -0.444 e. The first-order valence-corrected chi connectivity index (χ1v) is 10.9. The highest BCUT2D eigenvalue weighted by Gasteiger charge is 2.38. The Hall–Kier alpha value is -1.50. The van der Waals surface area contributed by atoms with Crippen LogP contribution in [0.25, 0.3) is 0 Å². The number of aliphatic imine (C=N–C) groups is 1. The first kappa shape index (κ1) is 21.2. The molecule has 7 nitrogen and oxygen atoms in total. The first-order chi connectivity index (χ1) is 13.3. The molecule has 1 aliphatic carbocycles. The molecular formula is C21H38N4O3. The van der Waals surface area contributed by atoms with Gasteiger partial charge in [-0.05, 0) is 52.4 Å². The van der Waals surface area contributed by atoms with Crippen molar-refractivity contribution in [2.75, 3.05) is 45.9 Å². The number of ether oxygens (including phenoxy) is 2. The van der Waals surface area contributed by atoms with Crippen LogP contribution in [0.4, 0.5) is 4.79 Å². The molecule has 3 aliphatic rings. The molecule has 2 fully saturated rings. The maximum atomic E-state index is 12.4. The number of amides is 1. The number of rotatable bonds is 6. The van der Waals surface area contributed by atoms with E-state index >= 15 is 0 Å². The van der Waals surface area contributed by atoms with Crippen LogP contribution in [-0.4, -0.2) is 79.4 Å². The Morgan fingerprint density at radius 1 is 1.29 bits per heavy atom. The molecule has 1 atom stereocenters. The first-order valence-electron chi connectivity index (χ1n) is 10.9. The maximum absolute atomic E-state index is 12.4. The van der Waals surface area contributed by atoms with Gasteiger partial charge in [-0.3, -0.25) is 4.99 Å². The van der Waals surface area contributed by atoms with Crippen LogP contribution < -0.4 is 5.32 Å². The van der Waals surface area contributed by atoms with E-state index in [0.717, 1.165) is 45.2 Å². The Labute approximate surface area is 169 Å². The molecule has 1 unspecified atom stereocenters. The Kier molecular flexibility index (Phi) is 6.73. The van der Waals surface area contributed by atoms with Crippen LogP contribution in [0.5, 0.6) is 0 Å². The van der Waals surface area contributed by atoms with Crippen molar-refractivity contribution in [1.29, 1.82) is 0 Å². The monoisotopic (exact) mass is 394 g/mol. The lowest BCUT2D eigenvalue weighted by atomic mass is 9.83. The predicted octanol–water partition coefficient (Wildman–Crippen LogP) is 2.85. The molecule has 1 N–H and O–H groups in total. The summed E-state index contributed by atoms with van der Waals surface area (Å²) in [6, 6.07) is 0.256. The lowest BCUT2D eigenvalue weighted by Crippen LogP contribution is -2.58. The van der Waals surface area contributed by atoms with E-state index in [1.807, 2.05) is 25.7 Å². The number of nitrogens with zero attached hydrogens (tertiary/aromatic N) is 3. The van der Waals surface area contributed by atoms with Crippen molar-refractivity contribution in [3.8, 4) is 0 Å². The van der Waals surface area contributed by atoms with Gasteiger partial charge in [0.2, 0.25) is 0 Å². The van der Waals surface area contributed by atoms with Crippen molar-refractivity contribution in [2.45, 2.75) is 71.4 Å². The van der Waals surface area contributed by atoms with Crippen LogP contribution in [0.3, 0.4) is 0 Å². The number of carbonyl (C=O) groups excluding carboxylic acids is 1. The fourth-order valence-corrected chi connectivity index (χ4v) is 4.56. The standard InChI is InChI=1S/C21H38N4O3/c1-5-27-13-10-21(8-6-7-9-21)16-23-18-22-14-17-15-24(11-12-25(17)18)19(26)28-20(2,3)4/h17H,5-16H2,1-4H3,(H,22,23). The van der Waals surface area contributed by atoms with Gasteiger partial charge in [0.1, 0.15) is 5.60 Å². The minimum atomic E-state index is -0.454. The van der Waals surface area contributed by atoms with Crippen molar-refractivity contribution >= 4 is 12.1 Å². The number of fused-ring (bicyclic) bond motifs is 1. The summed E-state index contributed by atoms with van der Waals surface area (Å²) in [5.41, 5.74) is -0.113. The van der Waals surface area contributed by atoms with E-state index in [1.54, 1.807) is 0 Å². The molecule has 1 saturated carbocycles. The molecule has 0 aromatic rings. The van der Waals surface area contributed by atoms with Crippen molar-refractivity contribution in [3.63, 3.8) is 0 Å². The van der Waals surface area contributed by atoms with E-state index in [9.17, 15) is 4.79 Å². The van der Waals surface area contributed by atoms with Crippen LogP contribution in [0, 0.1) is 5.41 Å². The van der Waals surface area contributed by atoms with Crippen molar-refractivity contribution in [3.05, 3.63) is 0 Å². The zero-order valence-electron chi connectivity index (χ0n) is 18.1. The van der Waals surface area contributed by atoms with Crippen molar-refractivity contribution < 1.29 is 14.3 Å². The molecule has 0 aromatic carbocycles. The van der Waals surface area contributed by atoms with Crippen molar-refractivity contribution in [1.82, 2.24) is 15.1 Å². The van der Waals surface area contributed by atoms with Gasteiger partial charge in [-0.2, -0.15) is 0 Å². The summed E-state index contributed by atoms with van der Waals surface area (Å²) in [6.45, 7) is 13.3. The Morgan fingerprint density at radius 2 is 2.04 bits per heavy atom. The molecule has 7 heteroatoms. The van der Waals surface area contributed by atoms with Gasteiger partial charge in [-0.25, -0.2) is 4.79 Å². The maximum Gasteiger partial charge on any atom is 0.410 e. The van der Waals surface area contributed by atoms with Crippen LogP contribution in [0.1, 0.15) is 59.8 Å². The second-order valence-corrected chi connectivity index (χ2v) is 9.45. The lowest BCUT2D eigenvalue weighted by molar-refractivity contribution is 0.0137. The van der Waals surface area contributed by atoms with E-state index in [4.69, 9.17) is 14.5 Å². The molecule has 28 heavy (non-hydrogen) atoms. The predicted molar refractivity (Wildman–Crippen MR) is 111 cm³/mol. The third kappa shape index (κ3) is 5.31. The third-order valence-electron chi connectivity index (χ3n) is 6.12. The summed E-state index contributed by atoms with van der Waals surface area (Å²) in [5, 5.41) is 3.66. The Bertz CT molecular complexity index is 566. The SMILES string of the molecule is CCOCCC1(CNC2=NCC3CN(C(=O)OC(C)(C)C)CCN23)CCCC1. The number of piperazine rings is 1. The summed E-state index contributed by atoms with van der Waals surface area (Å²) >= 11 is 0. The second-order valence-electron chi connectivity index (χ2n) is 9.45. The molecule has 2 heterocycles. The molecule has 0 aromatic heterocycles. The van der Waals surface area contributed by atoms with E-state index < -0.39 is 5.60 Å². The Balaban J connectivity index is 1.49.